The molecule has 1 heterocycles. The number of nitrogens with one attached hydrogen (secondary N) is 2. The third-order valence-corrected chi connectivity index (χ3v) is 4.48. The Morgan fingerprint density at radius 1 is 1.27 bits per heavy atom. The molecule has 0 spiro atoms. The van der Waals surface area contributed by atoms with Gasteiger partial charge >= 0.3 is 0 Å². The molecule has 2 N–H and O–H groups in total. The average molecular weight is 491 g/mol. The Hall–Kier alpha value is -1.29. The minimum absolute atomic E-state index is 0. The molecule has 0 saturated carbocycles. The fourth-order valence-corrected chi connectivity index (χ4v) is 3.08. The number of aliphatic imine (C=N–C) groups is 1. The molecule has 5 nitrogen and oxygen atoms in total. The zero-order valence-electron chi connectivity index (χ0n) is 15.0. The van der Waals surface area contributed by atoms with E-state index in [1.165, 1.54) is 6.07 Å². The van der Waals surface area contributed by atoms with Crippen molar-refractivity contribution in [3.05, 3.63) is 54.1 Å². The Bertz CT molecular complexity index is 636. The van der Waals surface area contributed by atoms with Gasteiger partial charge in [-0.05, 0) is 31.0 Å². The van der Waals surface area contributed by atoms with Crippen LogP contribution in [0.25, 0.3) is 0 Å². The van der Waals surface area contributed by atoms with Crippen molar-refractivity contribution in [2.45, 2.75) is 25.6 Å². The summed E-state index contributed by atoms with van der Waals surface area (Å²) in [5.74, 6) is 2.28. The van der Waals surface area contributed by atoms with Crippen molar-refractivity contribution >= 4 is 41.7 Å². The quantitative estimate of drug-likeness (QED) is 0.231. The standard InChI is InChI=1S/C18H26FN5S.HI/c1-2-20-18(21-9-5-12-24-13-6-10-23-24)22-11-14-25-15-16-7-3-4-8-17(16)19;/h3-4,6-8,10,13H,2,5,9,11-12,14-15H2,1H3,(H2,20,21,22);1H. The maximum Gasteiger partial charge on any atom is 0.191 e. The Morgan fingerprint density at radius 2 is 2.12 bits per heavy atom. The van der Waals surface area contributed by atoms with E-state index in [-0.39, 0.29) is 29.8 Å². The minimum Gasteiger partial charge on any atom is -0.357 e. The lowest BCUT2D eigenvalue weighted by molar-refractivity contribution is 0.584. The van der Waals surface area contributed by atoms with Gasteiger partial charge < -0.3 is 10.6 Å². The lowest BCUT2D eigenvalue weighted by Gasteiger charge is -2.11. The Balaban J connectivity index is 0.00000338. The van der Waals surface area contributed by atoms with E-state index < -0.39 is 0 Å². The fourth-order valence-electron chi connectivity index (χ4n) is 2.24. The lowest BCUT2D eigenvalue weighted by Crippen LogP contribution is -2.38. The fraction of sp³-hybridized carbons (Fsp3) is 0.444. The predicted octanol–water partition coefficient (Wildman–Crippen LogP) is 3.52. The number of hydrogen-bond donors (Lipinski definition) is 2. The van der Waals surface area contributed by atoms with Gasteiger partial charge in [-0.15, -0.1) is 24.0 Å². The summed E-state index contributed by atoms with van der Waals surface area (Å²) in [6, 6.07) is 8.86. The van der Waals surface area contributed by atoms with Gasteiger partial charge in [0.05, 0.1) is 0 Å². The molecule has 1 aromatic heterocycles. The van der Waals surface area contributed by atoms with Gasteiger partial charge in [-0.25, -0.2) is 4.39 Å². The summed E-state index contributed by atoms with van der Waals surface area (Å²) >= 11 is 1.71. The average Bonchev–Trinajstić information content (AvgIpc) is 3.13. The maximum absolute atomic E-state index is 13.5. The van der Waals surface area contributed by atoms with E-state index in [2.05, 4.69) is 20.7 Å². The summed E-state index contributed by atoms with van der Waals surface area (Å²) < 4.78 is 15.4. The van der Waals surface area contributed by atoms with Gasteiger partial charge in [-0.2, -0.15) is 16.9 Å². The molecule has 0 amide bonds. The smallest absolute Gasteiger partial charge is 0.191 e. The second-order valence-corrected chi connectivity index (χ2v) is 6.56. The maximum atomic E-state index is 13.5. The van der Waals surface area contributed by atoms with Crippen LogP contribution < -0.4 is 10.6 Å². The van der Waals surface area contributed by atoms with E-state index in [1.54, 1.807) is 24.0 Å². The van der Waals surface area contributed by atoms with Crippen LogP contribution in [0.15, 0.2) is 47.7 Å². The number of benzene rings is 1. The van der Waals surface area contributed by atoms with Crippen LogP contribution in [-0.4, -0.2) is 41.1 Å². The molecule has 2 rings (SSSR count). The number of aryl methyl sites for hydroxylation is 1. The van der Waals surface area contributed by atoms with Crippen molar-refractivity contribution in [1.82, 2.24) is 20.4 Å². The molecule has 8 heteroatoms. The van der Waals surface area contributed by atoms with Gasteiger partial charge in [0, 0.05) is 50.1 Å². The number of aromatic nitrogens is 2. The van der Waals surface area contributed by atoms with Crippen molar-refractivity contribution in [1.29, 1.82) is 0 Å². The number of halogens is 2. The van der Waals surface area contributed by atoms with E-state index in [1.807, 2.05) is 36.0 Å². The highest BCUT2D eigenvalue weighted by Gasteiger charge is 2.01. The number of rotatable bonds is 10. The van der Waals surface area contributed by atoms with Crippen LogP contribution in [0.4, 0.5) is 4.39 Å². The zero-order valence-corrected chi connectivity index (χ0v) is 18.2. The molecule has 1 aromatic carbocycles. The monoisotopic (exact) mass is 491 g/mol. The minimum atomic E-state index is -0.130. The Labute approximate surface area is 176 Å². The highest BCUT2D eigenvalue weighted by Crippen LogP contribution is 2.14. The van der Waals surface area contributed by atoms with Crippen LogP contribution >= 0.6 is 35.7 Å². The summed E-state index contributed by atoms with van der Waals surface area (Å²) in [5, 5.41) is 10.7. The van der Waals surface area contributed by atoms with Crippen LogP contribution in [0.3, 0.4) is 0 Å². The molecular formula is C18H27FIN5S. The molecule has 0 atom stereocenters. The third-order valence-electron chi connectivity index (χ3n) is 3.47. The molecule has 0 fully saturated rings. The predicted molar refractivity (Wildman–Crippen MR) is 119 cm³/mol. The highest BCUT2D eigenvalue weighted by molar-refractivity contribution is 14.0. The lowest BCUT2D eigenvalue weighted by atomic mass is 10.2. The van der Waals surface area contributed by atoms with Gasteiger partial charge in [0.25, 0.3) is 0 Å². The van der Waals surface area contributed by atoms with Crippen molar-refractivity contribution in [2.24, 2.45) is 4.99 Å². The molecule has 0 saturated heterocycles. The van der Waals surface area contributed by atoms with Crippen LogP contribution in [0.2, 0.25) is 0 Å². The summed E-state index contributed by atoms with van der Waals surface area (Å²) in [4.78, 5) is 4.57. The topological polar surface area (TPSA) is 54.2 Å². The van der Waals surface area contributed by atoms with Crippen molar-refractivity contribution < 1.29 is 4.39 Å². The Morgan fingerprint density at radius 3 is 2.85 bits per heavy atom. The summed E-state index contributed by atoms with van der Waals surface area (Å²) in [6.45, 7) is 5.29. The first-order valence-electron chi connectivity index (χ1n) is 8.60. The summed E-state index contributed by atoms with van der Waals surface area (Å²) in [5.41, 5.74) is 0.756. The first-order chi connectivity index (χ1) is 12.3. The summed E-state index contributed by atoms with van der Waals surface area (Å²) in [7, 11) is 0. The van der Waals surface area contributed by atoms with Gasteiger partial charge in [0.15, 0.2) is 5.96 Å². The molecule has 0 aliphatic rings. The SMILES string of the molecule is CCNC(=NCCCn1cccn1)NCCSCc1ccccc1F.I. The van der Waals surface area contributed by atoms with E-state index in [0.717, 1.165) is 49.9 Å². The zero-order chi connectivity index (χ0) is 17.7. The van der Waals surface area contributed by atoms with Crippen molar-refractivity contribution in [2.75, 3.05) is 25.4 Å². The van der Waals surface area contributed by atoms with Gasteiger partial charge in [0.1, 0.15) is 5.82 Å². The van der Waals surface area contributed by atoms with Crippen LogP contribution in [0.1, 0.15) is 18.9 Å². The van der Waals surface area contributed by atoms with Gasteiger partial charge in [-0.1, -0.05) is 18.2 Å². The highest BCUT2D eigenvalue weighted by atomic mass is 127. The molecular weight excluding hydrogens is 464 g/mol. The number of nitrogens with zero attached hydrogens (tertiary/aromatic N) is 3. The summed E-state index contributed by atoms with van der Waals surface area (Å²) in [6.07, 6.45) is 4.69. The van der Waals surface area contributed by atoms with Crippen LogP contribution in [0.5, 0.6) is 0 Å². The van der Waals surface area contributed by atoms with Gasteiger partial charge in [0.2, 0.25) is 0 Å². The second kappa shape index (κ2) is 13.9. The number of hydrogen-bond acceptors (Lipinski definition) is 3. The van der Waals surface area contributed by atoms with Gasteiger partial charge in [-0.3, -0.25) is 9.67 Å². The molecule has 0 aliphatic heterocycles. The third kappa shape index (κ3) is 8.88. The molecule has 0 aliphatic carbocycles. The molecule has 0 radical (unpaired) electrons. The molecule has 0 bridgehead atoms. The van der Waals surface area contributed by atoms with E-state index in [9.17, 15) is 4.39 Å². The number of guanidine groups is 1. The van der Waals surface area contributed by atoms with E-state index in [4.69, 9.17) is 0 Å². The van der Waals surface area contributed by atoms with E-state index >= 15 is 0 Å². The van der Waals surface area contributed by atoms with E-state index in [0.29, 0.717) is 5.75 Å². The first-order valence-corrected chi connectivity index (χ1v) is 9.76. The van der Waals surface area contributed by atoms with Crippen molar-refractivity contribution in [3.8, 4) is 0 Å². The normalized spacial score (nSPS) is 11.1. The second-order valence-electron chi connectivity index (χ2n) is 5.45. The van der Waals surface area contributed by atoms with Crippen LogP contribution in [-0.2, 0) is 12.3 Å². The molecule has 26 heavy (non-hydrogen) atoms. The number of thioether (sulfide) groups is 1. The molecule has 144 valence electrons. The van der Waals surface area contributed by atoms with Crippen LogP contribution in [0, 0.1) is 5.82 Å². The molecule has 2 aromatic rings. The first kappa shape index (κ1) is 22.8. The largest absolute Gasteiger partial charge is 0.357 e. The van der Waals surface area contributed by atoms with Crippen molar-refractivity contribution in [3.63, 3.8) is 0 Å². The Kier molecular flexibility index (Phi) is 12.1. The molecule has 0 unspecified atom stereocenters.